The molecule has 0 aromatic rings. The van der Waals surface area contributed by atoms with Crippen LogP contribution in [0.5, 0.6) is 0 Å². The molecule has 3 nitrogen and oxygen atoms in total. The van der Waals surface area contributed by atoms with Gasteiger partial charge in [-0.15, -0.1) is 0 Å². The molecule has 2 fully saturated rings. The SMILES string of the molecule is O=C(O)C1NCCC2CC21. The summed E-state index contributed by atoms with van der Waals surface area (Å²) in [5.74, 6) is 0.501. The summed E-state index contributed by atoms with van der Waals surface area (Å²) >= 11 is 0. The molecule has 1 aliphatic carbocycles. The van der Waals surface area contributed by atoms with E-state index < -0.39 is 5.97 Å². The Balaban J connectivity index is 2.02. The molecule has 3 unspecified atom stereocenters. The van der Waals surface area contributed by atoms with E-state index in [0.717, 1.165) is 18.9 Å². The summed E-state index contributed by atoms with van der Waals surface area (Å²) in [7, 11) is 0. The van der Waals surface area contributed by atoms with Crippen LogP contribution in [0.3, 0.4) is 0 Å². The van der Waals surface area contributed by atoms with Gasteiger partial charge in [0.2, 0.25) is 0 Å². The highest BCUT2D eigenvalue weighted by atomic mass is 16.4. The molecular weight excluding hydrogens is 130 g/mol. The third-order valence-corrected chi connectivity index (χ3v) is 2.55. The number of hydrogen-bond donors (Lipinski definition) is 2. The highest BCUT2D eigenvalue weighted by Crippen LogP contribution is 2.45. The van der Waals surface area contributed by atoms with E-state index in [0.29, 0.717) is 5.92 Å². The van der Waals surface area contributed by atoms with Crippen LogP contribution in [-0.2, 0) is 4.79 Å². The van der Waals surface area contributed by atoms with Crippen LogP contribution in [0.15, 0.2) is 0 Å². The highest BCUT2D eigenvalue weighted by Gasteiger charge is 2.48. The number of carbonyl (C=O) groups is 1. The van der Waals surface area contributed by atoms with Crippen molar-refractivity contribution in [2.75, 3.05) is 6.54 Å². The zero-order chi connectivity index (χ0) is 7.14. The minimum Gasteiger partial charge on any atom is -0.480 e. The molecule has 3 atom stereocenters. The average Bonchev–Trinajstić information content (AvgIpc) is 2.63. The van der Waals surface area contributed by atoms with Crippen molar-refractivity contribution in [1.82, 2.24) is 5.32 Å². The average molecular weight is 141 g/mol. The Hall–Kier alpha value is -0.570. The molecule has 0 bridgehead atoms. The van der Waals surface area contributed by atoms with Crippen molar-refractivity contribution >= 4 is 5.97 Å². The molecule has 2 aliphatic rings. The number of fused-ring (bicyclic) bond motifs is 1. The molecule has 1 saturated carbocycles. The number of piperidine rings is 1. The Bertz CT molecular complexity index is 169. The van der Waals surface area contributed by atoms with Crippen molar-refractivity contribution in [3.05, 3.63) is 0 Å². The lowest BCUT2D eigenvalue weighted by atomic mass is 10.1. The van der Waals surface area contributed by atoms with E-state index in [1.54, 1.807) is 0 Å². The maximum Gasteiger partial charge on any atom is 0.320 e. The van der Waals surface area contributed by atoms with E-state index in [9.17, 15) is 4.79 Å². The van der Waals surface area contributed by atoms with Crippen molar-refractivity contribution < 1.29 is 9.90 Å². The van der Waals surface area contributed by atoms with Gasteiger partial charge in [-0.05, 0) is 31.2 Å². The second-order valence-corrected chi connectivity index (χ2v) is 3.22. The number of carboxylic acids is 1. The third-order valence-electron chi connectivity index (χ3n) is 2.55. The van der Waals surface area contributed by atoms with Crippen molar-refractivity contribution in [2.45, 2.75) is 18.9 Å². The van der Waals surface area contributed by atoms with Crippen LogP contribution in [-0.4, -0.2) is 23.7 Å². The molecule has 0 amide bonds. The molecule has 1 saturated heterocycles. The predicted octanol–water partition coefficient (Wildman–Crippen LogP) is 0.0690. The molecule has 2 rings (SSSR count). The lowest BCUT2D eigenvalue weighted by Crippen LogP contribution is -2.42. The fourth-order valence-electron chi connectivity index (χ4n) is 1.86. The quantitative estimate of drug-likeness (QED) is 0.543. The topological polar surface area (TPSA) is 49.3 Å². The second kappa shape index (κ2) is 1.95. The molecule has 10 heavy (non-hydrogen) atoms. The molecular formula is C7H11NO2. The Labute approximate surface area is 59.4 Å². The van der Waals surface area contributed by atoms with Gasteiger partial charge in [-0.25, -0.2) is 0 Å². The molecule has 56 valence electrons. The third kappa shape index (κ3) is 0.814. The first-order valence-electron chi connectivity index (χ1n) is 3.75. The summed E-state index contributed by atoms with van der Waals surface area (Å²) in [6.45, 7) is 0.887. The van der Waals surface area contributed by atoms with Crippen LogP contribution in [0.4, 0.5) is 0 Å². The first kappa shape index (κ1) is 6.16. The van der Waals surface area contributed by atoms with E-state index in [4.69, 9.17) is 5.11 Å². The monoisotopic (exact) mass is 141 g/mol. The van der Waals surface area contributed by atoms with Crippen molar-refractivity contribution in [1.29, 1.82) is 0 Å². The first-order valence-corrected chi connectivity index (χ1v) is 3.75. The lowest BCUT2D eigenvalue weighted by molar-refractivity contribution is -0.140. The van der Waals surface area contributed by atoms with Gasteiger partial charge in [0.15, 0.2) is 0 Å². The molecule has 0 radical (unpaired) electrons. The van der Waals surface area contributed by atoms with E-state index in [1.165, 1.54) is 6.42 Å². The van der Waals surface area contributed by atoms with Gasteiger partial charge in [-0.2, -0.15) is 0 Å². The number of carboxylic acid groups (broad SMARTS) is 1. The Morgan fingerprint density at radius 3 is 3.00 bits per heavy atom. The van der Waals surface area contributed by atoms with E-state index >= 15 is 0 Å². The van der Waals surface area contributed by atoms with Crippen LogP contribution in [0.2, 0.25) is 0 Å². The van der Waals surface area contributed by atoms with Crippen LogP contribution in [0.1, 0.15) is 12.8 Å². The fourth-order valence-corrected chi connectivity index (χ4v) is 1.86. The van der Waals surface area contributed by atoms with Gasteiger partial charge in [-0.1, -0.05) is 0 Å². The summed E-state index contributed by atoms with van der Waals surface area (Å²) < 4.78 is 0. The summed E-state index contributed by atoms with van der Waals surface area (Å²) in [6, 6.07) is -0.237. The number of rotatable bonds is 1. The normalized spacial score (nSPS) is 44.2. The van der Waals surface area contributed by atoms with Gasteiger partial charge < -0.3 is 10.4 Å². The lowest BCUT2D eigenvalue weighted by Gasteiger charge is -2.18. The summed E-state index contributed by atoms with van der Waals surface area (Å²) in [5, 5.41) is 11.7. The van der Waals surface area contributed by atoms with Gasteiger partial charge in [-0.3, -0.25) is 4.79 Å². The Morgan fingerprint density at radius 2 is 2.40 bits per heavy atom. The summed E-state index contributed by atoms with van der Waals surface area (Å²) in [5.41, 5.74) is 0. The smallest absolute Gasteiger partial charge is 0.320 e. The molecule has 2 N–H and O–H groups in total. The Kier molecular flexibility index (Phi) is 1.20. The minimum atomic E-state index is -0.674. The minimum absolute atomic E-state index is 0.237. The summed E-state index contributed by atoms with van der Waals surface area (Å²) in [6.07, 6.45) is 2.30. The van der Waals surface area contributed by atoms with Crippen LogP contribution < -0.4 is 5.32 Å². The number of hydrogen-bond acceptors (Lipinski definition) is 2. The van der Waals surface area contributed by atoms with Crippen LogP contribution in [0, 0.1) is 11.8 Å². The van der Waals surface area contributed by atoms with Crippen LogP contribution in [0.25, 0.3) is 0 Å². The van der Waals surface area contributed by atoms with Gasteiger partial charge in [0.25, 0.3) is 0 Å². The van der Waals surface area contributed by atoms with Crippen molar-refractivity contribution in [3.8, 4) is 0 Å². The largest absolute Gasteiger partial charge is 0.480 e. The van der Waals surface area contributed by atoms with Gasteiger partial charge in [0, 0.05) is 0 Å². The van der Waals surface area contributed by atoms with Crippen molar-refractivity contribution in [2.24, 2.45) is 11.8 Å². The maximum atomic E-state index is 10.5. The standard InChI is InChI=1S/C7H11NO2/c9-7(10)6-5-3-4(5)1-2-8-6/h4-6,8H,1-3H2,(H,9,10). The van der Waals surface area contributed by atoms with Crippen LogP contribution >= 0.6 is 0 Å². The zero-order valence-electron chi connectivity index (χ0n) is 5.71. The second-order valence-electron chi connectivity index (χ2n) is 3.22. The molecule has 3 heteroatoms. The highest BCUT2D eigenvalue weighted by molar-refractivity contribution is 5.74. The van der Waals surface area contributed by atoms with E-state index in [2.05, 4.69) is 5.32 Å². The fraction of sp³-hybridized carbons (Fsp3) is 0.857. The number of nitrogens with one attached hydrogen (secondary N) is 1. The number of aliphatic carboxylic acids is 1. The van der Waals surface area contributed by atoms with Gasteiger partial charge >= 0.3 is 5.97 Å². The van der Waals surface area contributed by atoms with E-state index in [1.807, 2.05) is 0 Å². The molecule has 1 aliphatic heterocycles. The van der Waals surface area contributed by atoms with Gasteiger partial charge in [0.05, 0.1) is 0 Å². The first-order chi connectivity index (χ1) is 4.79. The molecule has 0 spiro atoms. The van der Waals surface area contributed by atoms with Crippen molar-refractivity contribution in [3.63, 3.8) is 0 Å². The summed E-state index contributed by atoms with van der Waals surface area (Å²) in [4.78, 5) is 10.5. The zero-order valence-corrected chi connectivity index (χ0v) is 5.71. The molecule has 0 aromatic heterocycles. The molecule has 0 aromatic carbocycles. The maximum absolute atomic E-state index is 10.5. The van der Waals surface area contributed by atoms with E-state index in [-0.39, 0.29) is 6.04 Å². The van der Waals surface area contributed by atoms with Gasteiger partial charge in [0.1, 0.15) is 6.04 Å². The predicted molar refractivity (Wildman–Crippen MR) is 35.6 cm³/mol. The molecule has 1 heterocycles. The Morgan fingerprint density at radius 1 is 1.60 bits per heavy atom.